The molecule has 2 aromatic heterocycles. The fourth-order valence-electron chi connectivity index (χ4n) is 2.63. The molecule has 1 aromatic carbocycles. The first-order valence-electron chi connectivity index (χ1n) is 9.29. The lowest BCUT2D eigenvalue weighted by molar-refractivity contribution is -0.115. The number of rotatable bonds is 8. The van der Waals surface area contributed by atoms with Gasteiger partial charge in [-0.3, -0.25) is 15.2 Å². The Bertz CT molecular complexity index is 990. The van der Waals surface area contributed by atoms with Gasteiger partial charge in [0.15, 0.2) is 0 Å². The number of anilines is 2. The molecule has 1 saturated carbocycles. The van der Waals surface area contributed by atoms with Gasteiger partial charge >= 0.3 is 0 Å². The largest absolute Gasteiger partial charge is 0.480 e. The second-order valence-electron chi connectivity index (χ2n) is 6.66. The molecule has 1 aliphatic carbocycles. The summed E-state index contributed by atoms with van der Waals surface area (Å²) in [6, 6.07) is 9.59. The van der Waals surface area contributed by atoms with Crippen LogP contribution < -0.4 is 20.9 Å². The zero-order chi connectivity index (χ0) is 20.1. The molecule has 148 valence electrons. The van der Waals surface area contributed by atoms with Gasteiger partial charge in [0.25, 0.3) is 0 Å². The number of aromatic nitrogens is 4. The van der Waals surface area contributed by atoms with Gasteiger partial charge in [-0.15, -0.1) is 0 Å². The van der Waals surface area contributed by atoms with Crippen LogP contribution in [0, 0.1) is 0 Å². The Morgan fingerprint density at radius 2 is 1.97 bits per heavy atom. The van der Waals surface area contributed by atoms with E-state index in [0.29, 0.717) is 34.9 Å². The third kappa shape index (κ3) is 5.23. The van der Waals surface area contributed by atoms with Crippen molar-refractivity contribution in [3.63, 3.8) is 0 Å². The molecule has 0 radical (unpaired) electrons. The summed E-state index contributed by atoms with van der Waals surface area (Å²) in [6.07, 6.45) is 7.31. The van der Waals surface area contributed by atoms with Crippen molar-refractivity contribution < 1.29 is 9.53 Å². The second kappa shape index (κ2) is 8.61. The predicted octanol–water partition coefficient (Wildman–Crippen LogP) is 2.20. The first-order chi connectivity index (χ1) is 14.2. The van der Waals surface area contributed by atoms with E-state index in [0.717, 1.165) is 18.4 Å². The second-order valence-corrected chi connectivity index (χ2v) is 6.66. The smallest absolute Gasteiger partial charge is 0.237 e. The van der Waals surface area contributed by atoms with Gasteiger partial charge in [-0.05, 0) is 31.0 Å². The fraction of sp³-hybridized carbons (Fsp3) is 0.250. The molecule has 3 N–H and O–H groups in total. The first-order valence-corrected chi connectivity index (χ1v) is 9.29. The van der Waals surface area contributed by atoms with Gasteiger partial charge in [0.1, 0.15) is 0 Å². The number of benzene rings is 1. The van der Waals surface area contributed by atoms with Crippen LogP contribution in [0.15, 0.2) is 48.9 Å². The third-order valence-electron chi connectivity index (χ3n) is 4.31. The van der Waals surface area contributed by atoms with Gasteiger partial charge in [-0.1, -0.05) is 12.1 Å². The van der Waals surface area contributed by atoms with Crippen LogP contribution >= 0.6 is 0 Å². The fourth-order valence-corrected chi connectivity index (χ4v) is 2.63. The van der Waals surface area contributed by atoms with Gasteiger partial charge in [-0.2, -0.15) is 0 Å². The Hall–Kier alpha value is -3.59. The summed E-state index contributed by atoms with van der Waals surface area (Å²) < 4.78 is 5.10. The molecule has 0 atom stereocenters. The topological polar surface area (TPSA) is 114 Å². The first kappa shape index (κ1) is 18.8. The molecule has 0 unspecified atom stereocenters. The van der Waals surface area contributed by atoms with E-state index in [4.69, 9.17) is 4.74 Å². The standard InChI is InChI=1S/C20H21N7O2/c1-29-19-12-21-11-17(25-19)13-2-4-14(5-3-13)23-18(28)10-16-8-9-22-20(24-16)27-26-15-6-7-15/h2-5,8-9,11-12,15,26H,6-7,10H2,1H3,(H,23,28)(H,22,24,27). The van der Waals surface area contributed by atoms with Crippen molar-refractivity contribution in [3.8, 4) is 17.1 Å². The maximum absolute atomic E-state index is 12.4. The Morgan fingerprint density at radius 3 is 2.72 bits per heavy atom. The molecule has 29 heavy (non-hydrogen) atoms. The van der Waals surface area contributed by atoms with E-state index in [1.165, 1.54) is 0 Å². The molecule has 0 bridgehead atoms. The minimum absolute atomic E-state index is 0.154. The van der Waals surface area contributed by atoms with E-state index >= 15 is 0 Å². The highest BCUT2D eigenvalue weighted by Gasteiger charge is 2.20. The van der Waals surface area contributed by atoms with Crippen LogP contribution in [0.5, 0.6) is 5.88 Å². The maximum atomic E-state index is 12.4. The number of methoxy groups -OCH3 is 1. The molecule has 9 nitrogen and oxygen atoms in total. The molecule has 3 aromatic rings. The van der Waals surface area contributed by atoms with Crippen LogP contribution in [0.1, 0.15) is 18.5 Å². The van der Waals surface area contributed by atoms with Crippen molar-refractivity contribution in [3.05, 3.63) is 54.6 Å². The zero-order valence-electron chi connectivity index (χ0n) is 15.9. The number of amides is 1. The molecule has 1 amide bonds. The number of ether oxygens (including phenoxy) is 1. The summed E-state index contributed by atoms with van der Waals surface area (Å²) >= 11 is 0. The normalized spacial score (nSPS) is 13.0. The molecular formula is C20H21N7O2. The number of carbonyl (C=O) groups is 1. The van der Waals surface area contributed by atoms with E-state index in [9.17, 15) is 4.79 Å². The molecule has 0 spiro atoms. The number of nitrogens with zero attached hydrogens (tertiary/aromatic N) is 4. The summed E-state index contributed by atoms with van der Waals surface area (Å²) in [5, 5.41) is 2.88. The van der Waals surface area contributed by atoms with Gasteiger partial charge in [-0.25, -0.2) is 20.4 Å². The monoisotopic (exact) mass is 391 g/mol. The number of hydrazine groups is 1. The number of hydrogen-bond acceptors (Lipinski definition) is 8. The van der Waals surface area contributed by atoms with Gasteiger partial charge < -0.3 is 10.1 Å². The third-order valence-corrected chi connectivity index (χ3v) is 4.31. The van der Waals surface area contributed by atoms with Crippen molar-refractivity contribution in [2.75, 3.05) is 17.9 Å². The minimum Gasteiger partial charge on any atom is -0.480 e. The van der Waals surface area contributed by atoms with Crippen molar-refractivity contribution in [2.45, 2.75) is 25.3 Å². The molecular weight excluding hydrogens is 370 g/mol. The van der Waals surface area contributed by atoms with Crippen LogP contribution in [0.3, 0.4) is 0 Å². The summed E-state index contributed by atoms with van der Waals surface area (Å²) in [4.78, 5) is 29.3. The van der Waals surface area contributed by atoms with E-state index in [-0.39, 0.29) is 12.3 Å². The van der Waals surface area contributed by atoms with E-state index in [1.807, 2.05) is 24.3 Å². The lowest BCUT2D eigenvalue weighted by Crippen LogP contribution is -2.25. The summed E-state index contributed by atoms with van der Waals surface area (Å²) in [5.41, 5.74) is 9.01. The molecule has 0 aliphatic heterocycles. The van der Waals surface area contributed by atoms with E-state index in [2.05, 4.69) is 36.1 Å². The van der Waals surface area contributed by atoms with E-state index < -0.39 is 0 Å². The minimum atomic E-state index is -0.154. The van der Waals surface area contributed by atoms with Crippen LogP contribution in [0.4, 0.5) is 11.6 Å². The SMILES string of the molecule is COc1cncc(-c2ccc(NC(=O)Cc3ccnc(NNC4CC4)n3)cc2)n1. The number of nitrogens with one attached hydrogen (secondary N) is 3. The van der Waals surface area contributed by atoms with Crippen molar-refractivity contribution in [2.24, 2.45) is 0 Å². The predicted molar refractivity (Wildman–Crippen MR) is 108 cm³/mol. The zero-order valence-corrected chi connectivity index (χ0v) is 15.9. The molecule has 9 heteroatoms. The summed E-state index contributed by atoms with van der Waals surface area (Å²) in [7, 11) is 1.55. The van der Waals surface area contributed by atoms with Crippen LogP contribution in [0.25, 0.3) is 11.3 Å². The highest BCUT2D eigenvalue weighted by Crippen LogP contribution is 2.21. The van der Waals surface area contributed by atoms with Gasteiger partial charge in [0.05, 0.1) is 37.3 Å². The van der Waals surface area contributed by atoms with Gasteiger partial charge in [0.2, 0.25) is 17.7 Å². The molecule has 1 aliphatic rings. The lowest BCUT2D eigenvalue weighted by Gasteiger charge is -2.08. The molecule has 0 saturated heterocycles. The summed E-state index contributed by atoms with van der Waals surface area (Å²) in [6.45, 7) is 0. The quantitative estimate of drug-likeness (QED) is 0.501. The Morgan fingerprint density at radius 1 is 1.14 bits per heavy atom. The van der Waals surface area contributed by atoms with Crippen molar-refractivity contribution in [1.29, 1.82) is 0 Å². The number of carbonyl (C=O) groups excluding carboxylic acids is 1. The van der Waals surface area contributed by atoms with Crippen LogP contribution in [-0.4, -0.2) is 39.0 Å². The maximum Gasteiger partial charge on any atom is 0.237 e. The molecule has 4 rings (SSSR count). The Labute approximate surface area is 168 Å². The summed E-state index contributed by atoms with van der Waals surface area (Å²) in [5.74, 6) is 0.760. The lowest BCUT2D eigenvalue weighted by atomic mass is 10.1. The van der Waals surface area contributed by atoms with Crippen LogP contribution in [0.2, 0.25) is 0 Å². The van der Waals surface area contributed by atoms with Crippen LogP contribution in [-0.2, 0) is 11.2 Å². The average molecular weight is 391 g/mol. The van der Waals surface area contributed by atoms with Crippen molar-refractivity contribution >= 4 is 17.5 Å². The van der Waals surface area contributed by atoms with Gasteiger partial charge in [0, 0.05) is 23.5 Å². The highest BCUT2D eigenvalue weighted by atomic mass is 16.5. The number of hydrogen-bond donors (Lipinski definition) is 3. The average Bonchev–Trinajstić information content (AvgIpc) is 3.58. The highest BCUT2D eigenvalue weighted by molar-refractivity contribution is 5.92. The Balaban J connectivity index is 1.35. The molecule has 2 heterocycles. The van der Waals surface area contributed by atoms with Crippen molar-refractivity contribution in [1.82, 2.24) is 25.4 Å². The van der Waals surface area contributed by atoms with E-state index in [1.54, 1.807) is 31.8 Å². The Kier molecular flexibility index (Phi) is 5.57. The molecule has 1 fully saturated rings.